The molecule has 0 heterocycles. The van der Waals surface area contributed by atoms with Crippen LogP contribution in [0.5, 0.6) is 0 Å². The molecule has 20 heavy (non-hydrogen) atoms. The van der Waals surface area contributed by atoms with Crippen LogP contribution in [0.3, 0.4) is 0 Å². The molecule has 0 bridgehead atoms. The van der Waals surface area contributed by atoms with E-state index in [4.69, 9.17) is 28.9 Å². The Kier molecular flexibility index (Phi) is 5.80. The van der Waals surface area contributed by atoms with Crippen LogP contribution in [0.4, 0.5) is 5.69 Å². The van der Waals surface area contributed by atoms with Gasteiger partial charge in [-0.05, 0) is 26.0 Å². The second kappa shape index (κ2) is 6.92. The molecular weight excluding hydrogens is 301 g/mol. The summed E-state index contributed by atoms with van der Waals surface area (Å²) in [4.78, 5) is 22.7. The van der Waals surface area contributed by atoms with Gasteiger partial charge >= 0.3 is 0 Å². The van der Waals surface area contributed by atoms with Gasteiger partial charge in [0.15, 0.2) is 0 Å². The van der Waals surface area contributed by atoms with E-state index in [0.717, 1.165) is 0 Å². The van der Waals surface area contributed by atoms with Crippen LogP contribution in [0.25, 0.3) is 0 Å². The van der Waals surface area contributed by atoms with Gasteiger partial charge < -0.3 is 16.4 Å². The maximum atomic E-state index is 11.8. The van der Waals surface area contributed by atoms with E-state index in [2.05, 4.69) is 10.6 Å². The van der Waals surface area contributed by atoms with Crippen molar-refractivity contribution in [1.29, 1.82) is 0 Å². The first-order valence-corrected chi connectivity index (χ1v) is 6.74. The minimum Gasteiger partial charge on any atom is -0.370 e. The van der Waals surface area contributed by atoms with Crippen LogP contribution in [0, 0.1) is 0 Å². The van der Waals surface area contributed by atoms with Gasteiger partial charge in [0.1, 0.15) is 0 Å². The first-order valence-electron chi connectivity index (χ1n) is 5.98. The first kappa shape index (κ1) is 16.8. The minimum atomic E-state index is -0.562. The van der Waals surface area contributed by atoms with Crippen LogP contribution >= 0.6 is 23.2 Å². The number of halogens is 2. The fourth-order valence-corrected chi connectivity index (χ4v) is 2.11. The summed E-state index contributed by atoms with van der Waals surface area (Å²) in [5.41, 5.74) is 4.94. The van der Waals surface area contributed by atoms with Crippen molar-refractivity contribution >= 4 is 40.7 Å². The quantitative estimate of drug-likeness (QED) is 0.751. The molecule has 0 aliphatic heterocycles. The number of carbonyl (C=O) groups is 2. The van der Waals surface area contributed by atoms with Crippen molar-refractivity contribution in [1.82, 2.24) is 5.32 Å². The van der Waals surface area contributed by atoms with Gasteiger partial charge in [0, 0.05) is 12.0 Å². The summed E-state index contributed by atoms with van der Waals surface area (Å²) in [6, 6.07) is 4.95. The minimum absolute atomic E-state index is 0.0157. The maximum absolute atomic E-state index is 11.8. The Morgan fingerprint density at radius 3 is 2.30 bits per heavy atom. The Morgan fingerprint density at radius 2 is 1.80 bits per heavy atom. The largest absolute Gasteiger partial charge is 0.370 e. The summed E-state index contributed by atoms with van der Waals surface area (Å²) in [5.74, 6) is -0.741. The molecule has 0 fully saturated rings. The van der Waals surface area contributed by atoms with Gasteiger partial charge in [-0.2, -0.15) is 0 Å². The molecule has 0 aliphatic rings. The number of hydrogen-bond acceptors (Lipinski definition) is 3. The van der Waals surface area contributed by atoms with Crippen LogP contribution < -0.4 is 16.4 Å². The van der Waals surface area contributed by atoms with Crippen molar-refractivity contribution in [2.45, 2.75) is 25.8 Å². The number of nitrogens with one attached hydrogen (secondary N) is 2. The molecular formula is C13H17Cl2N3O2. The summed E-state index contributed by atoms with van der Waals surface area (Å²) in [6.45, 7) is 3.59. The Bertz CT molecular complexity index is 498. The third kappa shape index (κ3) is 5.36. The number of primary amides is 1. The highest BCUT2D eigenvalue weighted by atomic mass is 35.5. The molecule has 0 spiro atoms. The van der Waals surface area contributed by atoms with Crippen LogP contribution in [-0.2, 0) is 9.59 Å². The number of benzene rings is 1. The zero-order valence-corrected chi connectivity index (χ0v) is 12.8. The van der Waals surface area contributed by atoms with Gasteiger partial charge in [-0.1, -0.05) is 29.3 Å². The van der Waals surface area contributed by atoms with Crippen LogP contribution in [0.15, 0.2) is 18.2 Å². The molecule has 0 aliphatic carbocycles. The van der Waals surface area contributed by atoms with Gasteiger partial charge in [-0.15, -0.1) is 0 Å². The molecule has 1 aromatic rings. The lowest BCUT2D eigenvalue weighted by atomic mass is 10.0. The van der Waals surface area contributed by atoms with Crippen molar-refractivity contribution < 1.29 is 9.59 Å². The van der Waals surface area contributed by atoms with Crippen molar-refractivity contribution in [2.75, 3.05) is 11.9 Å². The molecule has 2 amide bonds. The molecule has 7 heteroatoms. The van der Waals surface area contributed by atoms with Gasteiger partial charge in [0.25, 0.3) is 0 Å². The predicted octanol–water partition coefficient (Wildman–Crippen LogP) is 2.18. The molecule has 110 valence electrons. The molecule has 0 saturated heterocycles. The van der Waals surface area contributed by atoms with Crippen molar-refractivity contribution in [3.63, 3.8) is 0 Å². The molecule has 1 aromatic carbocycles. The van der Waals surface area contributed by atoms with Crippen molar-refractivity contribution in [3.8, 4) is 0 Å². The number of hydrogen-bond donors (Lipinski definition) is 3. The van der Waals surface area contributed by atoms with E-state index >= 15 is 0 Å². The fraction of sp³-hybridized carbons (Fsp3) is 0.385. The standard InChI is InChI=1S/C13H17Cl2N3O2/c1-13(2,6-10(16)19)17-7-11(20)18-12-8(14)4-3-5-9(12)15/h3-5,17H,6-7H2,1-2H3,(H2,16,19)(H,18,20). The Morgan fingerprint density at radius 1 is 1.25 bits per heavy atom. The highest BCUT2D eigenvalue weighted by Gasteiger charge is 2.21. The van der Waals surface area contributed by atoms with E-state index in [0.29, 0.717) is 15.7 Å². The lowest BCUT2D eigenvalue weighted by Gasteiger charge is -2.24. The number of para-hydroxylation sites is 1. The first-order chi connectivity index (χ1) is 9.21. The second-order valence-electron chi connectivity index (χ2n) is 5.03. The van der Waals surface area contributed by atoms with Crippen molar-refractivity contribution in [2.24, 2.45) is 5.73 Å². The lowest BCUT2D eigenvalue weighted by molar-refractivity contribution is -0.120. The summed E-state index contributed by atoms with van der Waals surface area (Å²) in [7, 11) is 0. The highest BCUT2D eigenvalue weighted by Crippen LogP contribution is 2.29. The monoisotopic (exact) mass is 317 g/mol. The Labute approximate surface area is 127 Å². The van der Waals surface area contributed by atoms with E-state index in [-0.39, 0.29) is 18.9 Å². The number of rotatable bonds is 6. The van der Waals surface area contributed by atoms with Crippen LogP contribution in [-0.4, -0.2) is 23.9 Å². The normalized spacial score (nSPS) is 11.2. The lowest BCUT2D eigenvalue weighted by Crippen LogP contribution is -2.46. The highest BCUT2D eigenvalue weighted by molar-refractivity contribution is 6.39. The molecule has 4 N–H and O–H groups in total. The molecule has 0 unspecified atom stereocenters. The number of carbonyl (C=O) groups excluding carboxylic acids is 2. The predicted molar refractivity (Wildman–Crippen MR) is 81.0 cm³/mol. The van der Waals surface area contributed by atoms with Crippen LogP contribution in [0.1, 0.15) is 20.3 Å². The summed E-state index contributed by atoms with van der Waals surface area (Å²) >= 11 is 11.9. The molecule has 5 nitrogen and oxygen atoms in total. The summed E-state index contributed by atoms with van der Waals surface area (Å²) in [6.07, 6.45) is 0.132. The summed E-state index contributed by atoms with van der Waals surface area (Å²) in [5, 5.41) is 6.30. The molecule has 0 saturated carbocycles. The van der Waals surface area contributed by atoms with E-state index in [1.165, 1.54) is 0 Å². The van der Waals surface area contributed by atoms with E-state index < -0.39 is 11.4 Å². The molecule has 0 atom stereocenters. The molecule has 0 radical (unpaired) electrons. The Hall–Kier alpha value is -1.30. The van der Waals surface area contributed by atoms with Gasteiger partial charge in [-0.3, -0.25) is 9.59 Å². The number of amides is 2. The Balaban J connectivity index is 2.59. The van der Waals surface area contributed by atoms with E-state index in [1.54, 1.807) is 32.0 Å². The van der Waals surface area contributed by atoms with E-state index in [9.17, 15) is 9.59 Å². The number of nitrogens with two attached hydrogens (primary N) is 1. The van der Waals surface area contributed by atoms with Gasteiger partial charge in [0.2, 0.25) is 11.8 Å². The van der Waals surface area contributed by atoms with Gasteiger partial charge in [-0.25, -0.2) is 0 Å². The second-order valence-corrected chi connectivity index (χ2v) is 5.84. The van der Waals surface area contributed by atoms with Crippen LogP contribution in [0.2, 0.25) is 10.0 Å². The van der Waals surface area contributed by atoms with Gasteiger partial charge in [0.05, 0.1) is 22.3 Å². The zero-order chi connectivity index (χ0) is 15.3. The fourth-order valence-electron chi connectivity index (χ4n) is 1.62. The third-order valence-corrected chi connectivity index (χ3v) is 3.20. The van der Waals surface area contributed by atoms with E-state index in [1.807, 2.05) is 0 Å². The maximum Gasteiger partial charge on any atom is 0.238 e. The van der Waals surface area contributed by atoms with Crippen molar-refractivity contribution in [3.05, 3.63) is 28.2 Å². The average molecular weight is 318 g/mol. The molecule has 1 rings (SSSR count). The average Bonchev–Trinajstić information content (AvgIpc) is 2.30. The topological polar surface area (TPSA) is 84.2 Å². The number of anilines is 1. The SMILES string of the molecule is CC(C)(CC(N)=O)NCC(=O)Nc1c(Cl)cccc1Cl. The summed E-state index contributed by atoms with van der Waals surface area (Å²) < 4.78 is 0. The smallest absolute Gasteiger partial charge is 0.238 e. The molecule has 0 aromatic heterocycles. The third-order valence-electron chi connectivity index (χ3n) is 2.57. The zero-order valence-electron chi connectivity index (χ0n) is 11.3.